The molecule has 0 atom stereocenters. The van der Waals surface area contributed by atoms with Crippen molar-refractivity contribution in [3.8, 4) is 11.5 Å². The Morgan fingerprint density at radius 1 is 1.08 bits per heavy atom. The minimum atomic E-state index is -0.303. The maximum Gasteiger partial charge on any atom is 0.293 e. The third kappa shape index (κ3) is 3.23. The summed E-state index contributed by atoms with van der Waals surface area (Å²) in [7, 11) is 0. The van der Waals surface area contributed by atoms with E-state index in [1.165, 1.54) is 4.90 Å². The topological polar surface area (TPSA) is 55.8 Å². The maximum atomic E-state index is 12.6. The molecule has 0 radical (unpaired) electrons. The first-order chi connectivity index (χ1) is 12.1. The second-order valence-electron chi connectivity index (χ2n) is 5.51. The number of rotatable bonds is 3. The van der Waals surface area contributed by atoms with Crippen molar-refractivity contribution in [2.24, 2.45) is 0 Å². The molecule has 7 heteroatoms. The minimum Gasteiger partial charge on any atom is -0.454 e. The van der Waals surface area contributed by atoms with E-state index in [0.29, 0.717) is 21.4 Å². The van der Waals surface area contributed by atoms with Crippen LogP contribution in [-0.4, -0.2) is 22.8 Å². The molecule has 1 fully saturated rings. The molecular weight excluding hydrogens is 362 g/mol. The average Bonchev–Trinajstić information content (AvgIpc) is 3.16. The molecule has 0 spiro atoms. The molecule has 2 aromatic rings. The molecule has 25 heavy (non-hydrogen) atoms. The molecule has 2 amide bonds. The Bertz CT molecular complexity index is 894. The molecule has 0 bridgehead atoms. The molecule has 4 rings (SSSR count). The minimum absolute atomic E-state index is 0.191. The quantitative estimate of drug-likeness (QED) is 0.750. The van der Waals surface area contributed by atoms with Crippen LogP contribution in [0.5, 0.6) is 11.5 Å². The second kappa shape index (κ2) is 6.46. The zero-order chi connectivity index (χ0) is 17.4. The van der Waals surface area contributed by atoms with E-state index in [9.17, 15) is 9.59 Å². The molecule has 0 saturated carbocycles. The number of carbonyl (C=O) groups is 2. The number of thioether (sulfide) groups is 1. The summed E-state index contributed by atoms with van der Waals surface area (Å²) in [5.74, 6) is 1.00. The fourth-order valence-corrected chi connectivity index (χ4v) is 3.53. The Kier molecular flexibility index (Phi) is 4.15. The van der Waals surface area contributed by atoms with Crippen LogP contribution in [0.15, 0.2) is 47.4 Å². The molecule has 2 aliphatic heterocycles. The summed E-state index contributed by atoms with van der Waals surface area (Å²) in [4.78, 5) is 26.4. The van der Waals surface area contributed by atoms with Crippen molar-refractivity contribution in [2.45, 2.75) is 6.54 Å². The van der Waals surface area contributed by atoms with E-state index >= 15 is 0 Å². The van der Waals surface area contributed by atoms with Crippen LogP contribution in [0.4, 0.5) is 4.79 Å². The fraction of sp³-hybridized carbons (Fsp3) is 0.111. The molecule has 5 nitrogen and oxygen atoms in total. The number of imide groups is 1. The van der Waals surface area contributed by atoms with Gasteiger partial charge in [-0.15, -0.1) is 0 Å². The highest BCUT2D eigenvalue weighted by Gasteiger charge is 2.35. The third-order valence-corrected chi connectivity index (χ3v) is 4.98. The van der Waals surface area contributed by atoms with Gasteiger partial charge in [-0.2, -0.15) is 0 Å². The van der Waals surface area contributed by atoms with E-state index in [-0.39, 0.29) is 24.5 Å². The zero-order valence-electron chi connectivity index (χ0n) is 12.9. The van der Waals surface area contributed by atoms with Gasteiger partial charge in [0.1, 0.15) is 0 Å². The molecule has 0 N–H and O–H groups in total. The van der Waals surface area contributed by atoms with Gasteiger partial charge in [0, 0.05) is 5.02 Å². The standard InChI is InChI=1S/C18H12ClNO4S/c19-13-4-1-11(2-5-13)9-20-17(21)16(25-18(20)22)8-12-3-6-14-15(7-12)24-10-23-14/h1-8H,9-10H2/b16-8-. The summed E-state index contributed by atoms with van der Waals surface area (Å²) in [5, 5.41) is 0.326. The van der Waals surface area contributed by atoms with E-state index in [2.05, 4.69) is 0 Å². The normalized spacial score (nSPS) is 17.6. The molecule has 0 unspecified atom stereocenters. The Hall–Kier alpha value is -2.44. The van der Waals surface area contributed by atoms with Crippen molar-refractivity contribution < 1.29 is 19.1 Å². The molecule has 0 aromatic heterocycles. The SMILES string of the molecule is O=C1S/C(=C\c2ccc3c(c2)OCO3)C(=O)N1Cc1ccc(Cl)cc1. The van der Waals surface area contributed by atoms with E-state index < -0.39 is 0 Å². The highest BCUT2D eigenvalue weighted by atomic mass is 35.5. The lowest BCUT2D eigenvalue weighted by molar-refractivity contribution is -0.123. The number of hydrogen-bond acceptors (Lipinski definition) is 5. The van der Waals surface area contributed by atoms with E-state index in [0.717, 1.165) is 22.9 Å². The molecule has 2 heterocycles. The highest BCUT2D eigenvalue weighted by molar-refractivity contribution is 8.18. The van der Waals surface area contributed by atoms with Crippen LogP contribution in [0, 0.1) is 0 Å². The van der Waals surface area contributed by atoms with Crippen LogP contribution in [0.25, 0.3) is 6.08 Å². The second-order valence-corrected chi connectivity index (χ2v) is 6.94. The zero-order valence-corrected chi connectivity index (χ0v) is 14.5. The number of benzene rings is 2. The van der Waals surface area contributed by atoms with Gasteiger partial charge in [-0.3, -0.25) is 14.5 Å². The van der Waals surface area contributed by atoms with E-state index in [1.54, 1.807) is 42.5 Å². The van der Waals surface area contributed by atoms with Gasteiger partial charge in [0.15, 0.2) is 11.5 Å². The Labute approximate surface area is 153 Å². The third-order valence-electron chi connectivity index (χ3n) is 3.82. The highest BCUT2D eigenvalue weighted by Crippen LogP contribution is 2.36. The van der Waals surface area contributed by atoms with Crippen molar-refractivity contribution in [3.05, 3.63) is 63.5 Å². The molecule has 1 saturated heterocycles. The van der Waals surface area contributed by atoms with Gasteiger partial charge in [0.05, 0.1) is 11.4 Å². The smallest absolute Gasteiger partial charge is 0.293 e. The van der Waals surface area contributed by atoms with Crippen LogP contribution in [0.3, 0.4) is 0 Å². The average molecular weight is 374 g/mol. The van der Waals surface area contributed by atoms with Gasteiger partial charge >= 0.3 is 0 Å². The first kappa shape index (κ1) is 16.1. The van der Waals surface area contributed by atoms with Crippen molar-refractivity contribution in [1.29, 1.82) is 0 Å². The Balaban J connectivity index is 1.55. The van der Waals surface area contributed by atoms with Crippen molar-refractivity contribution in [3.63, 3.8) is 0 Å². The van der Waals surface area contributed by atoms with Gasteiger partial charge < -0.3 is 9.47 Å². The van der Waals surface area contributed by atoms with E-state index in [4.69, 9.17) is 21.1 Å². The molecule has 0 aliphatic carbocycles. The van der Waals surface area contributed by atoms with Crippen LogP contribution in [0.1, 0.15) is 11.1 Å². The summed E-state index contributed by atoms with van der Waals surface area (Å²) in [6.45, 7) is 0.413. The summed E-state index contributed by atoms with van der Waals surface area (Å²) in [5.41, 5.74) is 1.62. The Morgan fingerprint density at radius 3 is 2.64 bits per heavy atom. The number of amides is 2. The fourth-order valence-electron chi connectivity index (χ4n) is 2.56. The number of carbonyl (C=O) groups excluding carboxylic acids is 2. The first-order valence-electron chi connectivity index (χ1n) is 7.49. The van der Waals surface area contributed by atoms with Crippen LogP contribution in [0.2, 0.25) is 5.02 Å². The predicted molar refractivity (Wildman–Crippen MR) is 95.5 cm³/mol. The van der Waals surface area contributed by atoms with Gasteiger partial charge in [-0.25, -0.2) is 0 Å². The van der Waals surface area contributed by atoms with Gasteiger partial charge in [-0.05, 0) is 53.2 Å². The molecular formula is C18H12ClNO4S. The van der Waals surface area contributed by atoms with Crippen LogP contribution in [-0.2, 0) is 11.3 Å². The number of ether oxygens (including phenoxy) is 2. The van der Waals surface area contributed by atoms with Gasteiger partial charge in [0.25, 0.3) is 11.1 Å². The van der Waals surface area contributed by atoms with Gasteiger partial charge in [-0.1, -0.05) is 29.8 Å². The lowest BCUT2D eigenvalue weighted by atomic mass is 10.2. The van der Waals surface area contributed by atoms with Crippen LogP contribution >= 0.6 is 23.4 Å². The summed E-state index contributed by atoms with van der Waals surface area (Å²) < 4.78 is 10.6. The predicted octanol–water partition coefficient (Wildman–Crippen LogP) is 4.31. The number of nitrogens with zero attached hydrogens (tertiary/aromatic N) is 1. The number of hydrogen-bond donors (Lipinski definition) is 0. The van der Waals surface area contributed by atoms with Crippen LogP contribution < -0.4 is 9.47 Å². The number of fused-ring (bicyclic) bond motifs is 1. The van der Waals surface area contributed by atoms with Crippen molar-refractivity contribution in [2.75, 3.05) is 6.79 Å². The molecule has 2 aliphatic rings. The summed E-state index contributed by atoms with van der Waals surface area (Å²) in [6, 6.07) is 12.5. The van der Waals surface area contributed by atoms with Crippen molar-refractivity contribution in [1.82, 2.24) is 4.90 Å². The first-order valence-corrected chi connectivity index (χ1v) is 8.69. The maximum absolute atomic E-state index is 12.6. The monoisotopic (exact) mass is 373 g/mol. The molecule has 126 valence electrons. The Morgan fingerprint density at radius 2 is 1.84 bits per heavy atom. The largest absolute Gasteiger partial charge is 0.454 e. The summed E-state index contributed by atoms with van der Waals surface area (Å²) >= 11 is 6.79. The summed E-state index contributed by atoms with van der Waals surface area (Å²) in [6.07, 6.45) is 1.69. The van der Waals surface area contributed by atoms with Crippen molar-refractivity contribution >= 4 is 40.6 Å². The lowest BCUT2D eigenvalue weighted by Crippen LogP contribution is -2.27. The molecule has 2 aromatic carbocycles. The lowest BCUT2D eigenvalue weighted by Gasteiger charge is -2.12. The number of halogens is 1. The van der Waals surface area contributed by atoms with E-state index in [1.807, 2.05) is 6.07 Å². The van der Waals surface area contributed by atoms with Gasteiger partial charge in [0.2, 0.25) is 6.79 Å².